The van der Waals surface area contributed by atoms with Crippen molar-refractivity contribution >= 4 is 45.7 Å². The lowest BCUT2D eigenvalue weighted by atomic mass is 9.94. The fourth-order valence-electron chi connectivity index (χ4n) is 6.22. The van der Waals surface area contributed by atoms with Gasteiger partial charge in [-0.3, -0.25) is 14.7 Å². The third kappa shape index (κ3) is 8.13. The maximum absolute atomic E-state index is 11.9. The minimum absolute atomic E-state index is 0.233. The van der Waals surface area contributed by atoms with Crippen molar-refractivity contribution in [1.82, 2.24) is 19.7 Å². The Morgan fingerprint density at radius 3 is 2.43 bits per heavy atom. The number of aldehydes is 1. The van der Waals surface area contributed by atoms with Crippen LogP contribution in [0.1, 0.15) is 58.0 Å². The largest absolute Gasteiger partial charge is 0.369 e. The van der Waals surface area contributed by atoms with E-state index in [2.05, 4.69) is 56.0 Å². The summed E-state index contributed by atoms with van der Waals surface area (Å²) in [5, 5.41) is 0.825. The van der Waals surface area contributed by atoms with Crippen molar-refractivity contribution in [3.8, 4) is 0 Å². The Hall–Kier alpha value is -3.11. The number of aryl methyl sites for hydroxylation is 2. The van der Waals surface area contributed by atoms with Gasteiger partial charge in [-0.05, 0) is 102 Å². The number of halogens is 2. The molecule has 2 N–H and O–H groups in total. The summed E-state index contributed by atoms with van der Waals surface area (Å²) in [7, 11) is 2.20. The van der Waals surface area contributed by atoms with Crippen molar-refractivity contribution in [2.24, 2.45) is 16.6 Å². The van der Waals surface area contributed by atoms with Gasteiger partial charge in [0.2, 0.25) is 0 Å². The van der Waals surface area contributed by atoms with Crippen LogP contribution in [0.25, 0.3) is 0 Å². The number of likely N-dealkylation sites (N-methyl/N-ethyl adjacent to an activating group) is 1. The van der Waals surface area contributed by atoms with Crippen LogP contribution >= 0.6 is 27.5 Å². The van der Waals surface area contributed by atoms with Gasteiger partial charge in [0.05, 0.1) is 11.7 Å². The molecule has 6 rings (SSSR count). The quantitative estimate of drug-likeness (QED) is 0.225. The molecular weight excluding hydrogens is 640 g/mol. The number of amides is 1. The molecule has 1 aliphatic carbocycles. The minimum atomic E-state index is -0.321. The van der Waals surface area contributed by atoms with Gasteiger partial charge in [-0.25, -0.2) is 0 Å². The number of guanidine groups is 1. The summed E-state index contributed by atoms with van der Waals surface area (Å²) < 4.78 is 1.06. The van der Waals surface area contributed by atoms with Crippen LogP contribution in [0.3, 0.4) is 0 Å². The first kappa shape index (κ1) is 32.3. The molecule has 10 heteroatoms. The normalized spacial score (nSPS) is 19.7. The molecule has 2 aromatic carbocycles. The molecule has 3 aliphatic rings. The van der Waals surface area contributed by atoms with Gasteiger partial charge in [0.1, 0.15) is 6.29 Å². The molecule has 1 atom stereocenters. The van der Waals surface area contributed by atoms with Gasteiger partial charge in [-0.15, -0.1) is 0 Å². The molecule has 0 radical (unpaired) electrons. The molecule has 2 saturated heterocycles. The first-order valence-corrected chi connectivity index (χ1v) is 16.5. The smallest absolute Gasteiger partial charge is 0.280 e. The second-order valence-electron chi connectivity index (χ2n) is 11.8. The van der Waals surface area contributed by atoms with E-state index in [1.165, 1.54) is 22.4 Å². The topological polar surface area (TPSA) is 95.1 Å². The van der Waals surface area contributed by atoms with Gasteiger partial charge in [0.25, 0.3) is 5.91 Å². The van der Waals surface area contributed by atoms with E-state index in [4.69, 9.17) is 22.3 Å². The Morgan fingerprint density at radius 2 is 1.73 bits per heavy atom. The summed E-state index contributed by atoms with van der Waals surface area (Å²) >= 11 is 9.86. The number of aromatic nitrogens is 1. The Morgan fingerprint density at radius 1 is 1.02 bits per heavy atom. The monoisotopic (exact) mass is 678 g/mol. The first-order valence-electron chi connectivity index (χ1n) is 15.3. The van der Waals surface area contributed by atoms with Crippen molar-refractivity contribution in [3.05, 3.63) is 98.2 Å². The maximum atomic E-state index is 11.9. The van der Waals surface area contributed by atoms with Gasteiger partial charge < -0.3 is 20.3 Å². The molecule has 8 nitrogen and oxygen atoms in total. The first-order chi connectivity index (χ1) is 21.3. The average Bonchev–Trinajstić information content (AvgIpc) is 3.19. The van der Waals surface area contributed by atoms with Crippen molar-refractivity contribution < 1.29 is 9.59 Å². The number of pyridine rings is 1. The number of hydrogen-bond donors (Lipinski definition) is 1. The molecule has 3 heterocycles. The zero-order valence-corrected chi connectivity index (χ0v) is 27.5. The molecule has 0 saturated carbocycles. The van der Waals surface area contributed by atoms with E-state index >= 15 is 0 Å². The molecule has 2 fully saturated rings. The highest BCUT2D eigenvalue weighted by atomic mass is 79.9. The molecule has 1 amide bonds. The molecule has 1 aromatic heterocycles. The summed E-state index contributed by atoms with van der Waals surface area (Å²) in [4.78, 5) is 38.1. The number of carbonyl (C=O) groups is 2. The summed E-state index contributed by atoms with van der Waals surface area (Å²) in [6.45, 7) is 5.84. The van der Waals surface area contributed by atoms with Crippen LogP contribution < -0.4 is 5.73 Å². The van der Waals surface area contributed by atoms with Crippen LogP contribution in [0, 0.1) is 5.92 Å². The van der Waals surface area contributed by atoms with Gasteiger partial charge in [-0.2, -0.15) is 4.99 Å². The standard InChI is InChI=1S/C19H21BrClN3.C15H19N3O2/c1-23-6-8-24(9-7-23)19-17-5-4-16(21)11-13(17)2-3-14-10-15(20)12-22-18(14)19;16-15(17-14(20)13-4-2-1-3-5-13)18-9-6-12(7-10-18)8-11-19/h4-5,10-12,19H,2-3,6-9H2,1H3;1-5,11-12H,6-10H2,(H2,16,17,20). The van der Waals surface area contributed by atoms with E-state index in [1.54, 1.807) is 24.3 Å². The fourth-order valence-corrected chi connectivity index (χ4v) is 6.79. The van der Waals surface area contributed by atoms with E-state index in [-0.39, 0.29) is 17.9 Å². The number of hydrogen-bond acceptors (Lipinski definition) is 5. The van der Waals surface area contributed by atoms with Crippen LogP contribution in [-0.4, -0.2) is 84.2 Å². The number of fused-ring (bicyclic) bond motifs is 2. The van der Waals surface area contributed by atoms with Crippen molar-refractivity contribution in [3.63, 3.8) is 0 Å². The SMILES string of the molecule is CN1CCN(C2c3ccc(Cl)cc3CCc3cc(Br)cnc32)CC1.NC(=NC(=O)c1ccccc1)N1CCC(CC=O)CC1. The number of benzene rings is 2. The number of nitrogens with zero attached hydrogens (tertiary/aromatic N) is 5. The van der Waals surface area contributed by atoms with Crippen molar-refractivity contribution in [1.29, 1.82) is 0 Å². The highest BCUT2D eigenvalue weighted by molar-refractivity contribution is 9.10. The Labute approximate surface area is 273 Å². The van der Waals surface area contributed by atoms with Gasteiger partial charge in [-0.1, -0.05) is 35.9 Å². The molecule has 44 heavy (non-hydrogen) atoms. The van der Waals surface area contributed by atoms with Gasteiger partial charge in [0.15, 0.2) is 5.96 Å². The average molecular weight is 680 g/mol. The van der Waals surface area contributed by atoms with Gasteiger partial charge >= 0.3 is 0 Å². The zero-order chi connectivity index (χ0) is 31.1. The highest BCUT2D eigenvalue weighted by Gasteiger charge is 2.32. The van der Waals surface area contributed by atoms with E-state index in [9.17, 15) is 9.59 Å². The number of nitrogens with two attached hydrogens (primary N) is 1. The third-order valence-corrected chi connectivity index (χ3v) is 9.47. The van der Waals surface area contributed by atoms with Crippen LogP contribution in [0.2, 0.25) is 5.02 Å². The maximum Gasteiger partial charge on any atom is 0.280 e. The van der Waals surface area contributed by atoms with Crippen LogP contribution in [-0.2, 0) is 17.6 Å². The number of rotatable bonds is 4. The number of aliphatic imine (C=N–C) groups is 1. The summed E-state index contributed by atoms with van der Waals surface area (Å²) in [6, 6.07) is 17.7. The number of piperidine rings is 1. The number of likely N-dealkylation sites (tertiary alicyclic amines) is 1. The molecule has 232 valence electrons. The highest BCUT2D eigenvalue weighted by Crippen LogP contribution is 2.37. The summed E-state index contributed by atoms with van der Waals surface area (Å²) in [5.41, 5.74) is 11.7. The third-order valence-electron chi connectivity index (χ3n) is 8.80. The fraction of sp³-hybridized carbons (Fsp3) is 0.412. The van der Waals surface area contributed by atoms with Crippen molar-refractivity contribution in [2.75, 3.05) is 46.3 Å². The summed E-state index contributed by atoms with van der Waals surface area (Å²) in [6.07, 6.45) is 7.36. The molecule has 1 unspecified atom stereocenters. The molecule has 2 aliphatic heterocycles. The minimum Gasteiger partial charge on any atom is -0.369 e. The lowest BCUT2D eigenvalue weighted by Gasteiger charge is -2.38. The predicted molar refractivity (Wildman–Crippen MR) is 179 cm³/mol. The second kappa shape index (κ2) is 15.3. The number of piperazine rings is 1. The van der Waals surface area contributed by atoms with Crippen LogP contribution in [0.5, 0.6) is 0 Å². The van der Waals surface area contributed by atoms with E-state index in [0.717, 1.165) is 80.7 Å². The molecule has 3 aromatic rings. The van der Waals surface area contributed by atoms with Crippen LogP contribution in [0.4, 0.5) is 0 Å². The Kier molecular flexibility index (Phi) is 11.2. The Balaban J connectivity index is 0.000000178. The van der Waals surface area contributed by atoms with E-state index < -0.39 is 0 Å². The Bertz CT molecular complexity index is 1420. The second-order valence-corrected chi connectivity index (χ2v) is 13.1. The molecule has 0 spiro atoms. The molecule has 0 bridgehead atoms. The van der Waals surface area contributed by atoms with Crippen molar-refractivity contribution in [2.45, 2.75) is 38.1 Å². The zero-order valence-electron chi connectivity index (χ0n) is 25.2. The van der Waals surface area contributed by atoms with E-state index in [1.807, 2.05) is 23.2 Å². The summed E-state index contributed by atoms with van der Waals surface area (Å²) in [5.74, 6) is 0.378. The van der Waals surface area contributed by atoms with E-state index in [0.29, 0.717) is 17.9 Å². The lowest BCUT2D eigenvalue weighted by Crippen LogP contribution is -2.46. The number of carbonyl (C=O) groups excluding carboxylic acids is 2. The molecular formula is C34H40BrClN6O2. The lowest BCUT2D eigenvalue weighted by molar-refractivity contribution is -0.108. The predicted octanol–water partition coefficient (Wildman–Crippen LogP) is 5.38. The van der Waals surface area contributed by atoms with Gasteiger partial charge in [0, 0.05) is 66.9 Å². The van der Waals surface area contributed by atoms with Crippen LogP contribution in [0.15, 0.2) is 70.3 Å².